The summed E-state index contributed by atoms with van der Waals surface area (Å²) in [4.78, 5) is 0. The van der Waals surface area contributed by atoms with Gasteiger partial charge in [0.25, 0.3) is 0 Å². The number of para-hydroxylation sites is 6. The van der Waals surface area contributed by atoms with Crippen molar-refractivity contribution in [3.8, 4) is 22.5 Å². The van der Waals surface area contributed by atoms with Gasteiger partial charge < -0.3 is 18.0 Å². The van der Waals surface area contributed by atoms with E-state index in [1.54, 1.807) is 0 Å². The Kier molecular flexibility index (Phi) is 6.26. The molecule has 0 aliphatic rings. The van der Waals surface area contributed by atoms with E-state index in [1.165, 1.54) is 43.1 Å². The molecular formula is C56H32N2O2. The average molecular weight is 765 g/mol. The van der Waals surface area contributed by atoms with Crippen LogP contribution in [0, 0.1) is 0 Å². The van der Waals surface area contributed by atoms with Crippen molar-refractivity contribution in [1.29, 1.82) is 0 Å². The summed E-state index contributed by atoms with van der Waals surface area (Å²) in [6, 6.07) is 69.7. The highest BCUT2D eigenvalue weighted by molar-refractivity contribution is 6.28. The third-order valence-corrected chi connectivity index (χ3v) is 12.9. The second-order valence-corrected chi connectivity index (χ2v) is 15.9. The zero-order valence-electron chi connectivity index (χ0n) is 32.2. The maximum Gasteiger partial charge on any atom is 0.159 e. The highest BCUT2D eigenvalue weighted by Crippen LogP contribution is 2.50. The monoisotopic (exact) mass is 764 g/mol. The molecule has 278 valence electrons. The molecule has 0 saturated carbocycles. The number of rotatable bonds is 3. The first-order chi connectivity index (χ1) is 29.8. The van der Waals surface area contributed by atoms with Crippen LogP contribution in [0.2, 0.25) is 0 Å². The van der Waals surface area contributed by atoms with Crippen LogP contribution >= 0.6 is 0 Å². The Morgan fingerprint density at radius 1 is 0.300 bits per heavy atom. The van der Waals surface area contributed by atoms with E-state index >= 15 is 0 Å². The van der Waals surface area contributed by atoms with Crippen LogP contribution in [0.3, 0.4) is 0 Å². The summed E-state index contributed by atoms with van der Waals surface area (Å²) >= 11 is 0. The minimum Gasteiger partial charge on any atom is -0.454 e. The van der Waals surface area contributed by atoms with Crippen molar-refractivity contribution in [2.45, 2.75) is 0 Å². The van der Waals surface area contributed by atoms with Crippen molar-refractivity contribution in [2.75, 3.05) is 0 Å². The SMILES string of the molecule is c1ccc2c(c1)cc(-c1c3oc4c(-n5c6ccccc6c6ccccc65)cccc4c3cc3oc4c(-n5c6ccccc6c6ccccc65)cccc4c13)c1ccccc12. The molecule has 0 spiro atoms. The van der Waals surface area contributed by atoms with Gasteiger partial charge in [0.15, 0.2) is 11.2 Å². The van der Waals surface area contributed by atoms with Crippen LogP contribution in [0.25, 0.3) is 132 Å². The molecule has 4 aromatic heterocycles. The third kappa shape index (κ3) is 4.14. The summed E-state index contributed by atoms with van der Waals surface area (Å²) in [5, 5.41) is 13.8. The predicted octanol–water partition coefficient (Wildman–Crippen LogP) is 15.7. The van der Waals surface area contributed by atoms with Gasteiger partial charge in [-0.05, 0) is 75.6 Å². The van der Waals surface area contributed by atoms with Crippen molar-refractivity contribution in [1.82, 2.24) is 9.13 Å². The lowest BCUT2D eigenvalue weighted by atomic mass is 9.90. The first kappa shape index (κ1) is 31.9. The summed E-state index contributed by atoms with van der Waals surface area (Å²) in [5.41, 5.74) is 12.1. The molecule has 0 N–H and O–H groups in total. The molecular weight excluding hydrogens is 733 g/mol. The van der Waals surface area contributed by atoms with E-state index in [1.807, 2.05) is 0 Å². The van der Waals surface area contributed by atoms with E-state index in [4.69, 9.17) is 8.83 Å². The Balaban J connectivity index is 1.16. The smallest absolute Gasteiger partial charge is 0.159 e. The molecule has 0 unspecified atom stereocenters. The van der Waals surface area contributed by atoms with E-state index in [0.717, 1.165) is 88.4 Å². The Bertz CT molecular complexity index is 3910. The van der Waals surface area contributed by atoms with E-state index in [9.17, 15) is 0 Å². The minimum absolute atomic E-state index is 0.822. The van der Waals surface area contributed by atoms with Crippen molar-refractivity contribution in [2.24, 2.45) is 0 Å². The van der Waals surface area contributed by atoms with Crippen molar-refractivity contribution in [3.63, 3.8) is 0 Å². The third-order valence-electron chi connectivity index (χ3n) is 12.9. The standard InChI is InChI=1S/C56H32N2O2/c1-2-16-34-33(15-1)31-43(36-18-4-3-17-35(34)36)53-52-42-24-14-30-50(58-47-27-11-7-21-39(47)40-22-8-12-28-48(40)58)55(42)59-51(52)32-44-41-23-13-29-49(54(41)60-56(44)53)57-45-25-9-5-19-37(45)38-20-6-10-26-46(38)57/h1-32H. The van der Waals surface area contributed by atoms with Gasteiger partial charge in [-0.3, -0.25) is 0 Å². The highest BCUT2D eigenvalue weighted by Gasteiger charge is 2.26. The fourth-order valence-electron chi connectivity index (χ4n) is 10.4. The number of furan rings is 2. The predicted molar refractivity (Wildman–Crippen MR) is 250 cm³/mol. The summed E-state index contributed by atoms with van der Waals surface area (Å²) in [7, 11) is 0. The zero-order valence-corrected chi connectivity index (χ0v) is 32.2. The molecule has 0 aliphatic carbocycles. The summed E-state index contributed by atoms with van der Waals surface area (Å²) in [5.74, 6) is 0. The molecule has 60 heavy (non-hydrogen) atoms. The van der Waals surface area contributed by atoms with Crippen LogP contribution in [-0.2, 0) is 0 Å². The zero-order chi connectivity index (χ0) is 39.1. The lowest BCUT2D eigenvalue weighted by Crippen LogP contribution is -1.94. The summed E-state index contributed by atoms with van der Waals surface area (Å²) < 4.78 is 19.4. The number of hydrogen-bond acceptors (Lipinski definition) is 2. The summed E-state index contributed by atoms with van der Waals surface area (Å²) in [6.45, 7) is 0. The molecule has 4 heterocycles. The Morgan fingerprint density at radius 2 is 0.750 bits per heavy atom. The van der Waals surface area contributed by atoms with Gasteiger partial charge in [-0.15, -0.1) is 0 Å². The van der Waals surface area contributed by atoms with Gasteiger partial charge in [0.1, 0.15) is 11.2 Å². The molecule has 0 aliphatic heterocycles. The number of hydrogen-bond donors (Lipinski definition) is 0. The average Bonchev–Trinajstić information content (AvgIpc) is 4.06. The van der Waals surface area contributed by atoms with Crippen LogP contribution < -0.4 is 0 Å². The fourth-order valence-corrected chi connectivity index (χ4v) is 10.4. The molecule has 0 saturated heterocycles. The van der Waals surface area contributed by atoms with Gasteiger partial charge in [0.05, 0.1) is 33.4 Å². The van der Waals surface area contributed by atoms with Gasteiger partial charge >= 0.3 is 0 Å². The Morgan fingerprint density at radius 3 is 1.33 bits per heavy atom. The maximum atomic E-state index is 7.43. The first-order valence-corrected chi connectivity index (χ1v) is 20.5. The first-order valence-electron chi connectivity index (χ1n) is 20.5. The molecule has 0 amide bonds. The van der Waals surface area contributed by atoms with Crippen molar-refractivity contribution in [3.05, 3.63) is 194 Å². The van der Waals surface area contributed by atoms with Crippen LogP contribution in [0.4, 0.5) is 0 Å². The lowest BCUT2D eigenvalue weighted by Gasteiger charge is -2.13. The van der Waals surface area contributed by atoms with E-state index in [2.05, 4.69) is 203 Å². The lowest BCUT2D eigenvalue weighted by molar-refractivity contribution is 0.662. The van der Waals surface area contributed by atoms with Gasteiger partial charge in [-0.25, -0.2) is 0 Å². The van der Waals surface area contributed by atoms with Crippen molar-refractivity contribution < 1.29 is 8.83 Å². The van der Waals surface area contributed by atoms with Gasteiger partial charge in [-0.2, -0.15) is 0 Å². The summed E-state index contributed by atoms with van der Waals surface area (Å²) in [6.07, 6.45) is 0. The normalized spacial score (nSPS) is 12.3. The molecule has 10 aromatic carbocycles. The van der Waals surface area contributed by atoms with Gasteiger partial charge in [0.2, 0.25) is 0 Å². The van der Waals surface area contributed by atoms with Crippen LogP contribution in [0.15, 0.2) is 203 Å². The van der Waals surface area contributed by atoms with Crippen LogP contribution in [-0.4, -0.2) is 9.13 Å². The number of fused-ring (bicyclic) bond motifs is 15. The number of benzene rings is 10. The van der Waals surface area contributed by atoms with E-state index in [0.29, 0.717) is 0 Å². The minimum atomic E-state index is 0.822. The van der Waals surface area contributed by atoms with Gasteiger partial charge in [0, 0.05) is 48.7 Å². The molecule has 0 fully saturated rings. The van der Waals surface area contributed by atoms with Gasteiger partial charge in [-0.1, -0.05) is 146 Å². The number of aromatic nitrogens is 2. The van der Waals surface area contributed by atoms with Crippen LogP contribution in [0.5, 0.6) is 0 Å². The van der Waals surface area contributed by atoms with Crippen molar-refractivity contribution >= 4 is 109 Å². The molecule has 0 bridgehead atoms. The fraction of sp³-hybridized carbons (Fsp3) is 0. The molecule has 0 atom stereocenters. The topological polar surface area (TPSA) is 36.1 Å². The second-order valence-electron chi connectivity index (χ2n) is 15.9. The molecule has 14 aromatic rings. The highest BCUT2D eigenvalue weighted by atomic mass is 16.3. The molecule has 4 nitrogen and oxygen atoms in total. The largest absolute Gasteiger partial charge is 0.454 e. The van der Waals surface area contributed by atoms with Crippen LogP contribution in [0.1, 0.15) is 0 Å². The molecule has 0 radical (unpaired) electrons. The quantitative estimate of drug-likeness (QED) is 0.168. The Hall–Kier alpha value is -8.08. The second kappa shape index (κ2) is 11.8. The Labute approximate surface area is 342 Å². The maximum absolute atomic E-state index is 7.43. The number of nitrogens with zero attached hydrogens (tertiary/aromatic N) is 2. The van der Waals surface area contributed by atoms with E-state index in [-0.39, 0.29) is 0 Å². The van der Waals surface area contributed by atoms with E-state index < -0.39 is 0 Å². The molecule has 14 rings (SSSR count). The molecule has 4 heteroatoms.